The Kier molecular flexibility index (Phi) is 5.26. The van der Waals surface area contributed by atoms with Gasteiger partial charge in [0, 0.05) is 0 Å². The van der Waals surface area contributed by atoms with Crippen molar-refractivity contribution in [2.45, 2.75) is 111 Å². The first-order valence-corrected chi connectivity index (χ1v) is 13.2. The van der Waals surface area contributed by atoms with Crippen LogP contribution in [0.4, 0.5) is 0 Å². The lowest BCUT2D eigenvalue weighted by Crippen LogP contribution is -2.51. The zero-order valence-corrected chi connectivity index (χ0v) is 20.4. The second-order valence-electron chi connectivity index (χ2n) is 12.9. The highest BCUT2D eigenvalue weighted by Gasteiger charge is 2.61. The maximum atomic E-state index is 10.2. The summed E-state index contributed by atoms with van der Waals surface area (Å²) < 4.78 is 6.31. The van der Waals surface area contributed by atoms with Crippen molar-refractivity contribution in [1.29, 1.82) is 0 Å². The first-order valence-electron chi connectivity index (χ1n) is 13.2. The number of hydrogen-bond acceptors (Lipinski definition) is 2. The van der Waals surface area contributed by atoms with E-state index in [9.17, 15) is 5.11 Å². The van der Waals surface area contributed by atoms with Gasteiger partial charge in [0.05, 0.1) is 18.3 Å². The lowest BCUT2D eigenvalue weighted by atomic mass is 9.47. The zero-order valence-electron chi connectivity index (χ0n) is 20.4. The predicted octanol–water partition coefficient (Wildman–Crippen LogP) is 6.62. The summed E-state index contributed by atoms with van der Waals surface area (Å²) in [6, 6.07) is 0. The number of epoxide rings is 1. The van der Waals surface area contributed by atoms with Gasteiger partial charge in [-0.2, -0.15) is 0 Å². The van der Waals surface area contributed by atoms with Crippen molar-refractivity contribution >= 4 is 0 Å². The van der Waals surface area contributed by atoms with Crippen LogP contribution >= 0.6 is 0 Å². The lowest BCUT2D eigenvalue weighted by Gasteiger charge is -2.58. The highest BCUT2D eigenvalue weighted by molar-refractivity contribution is 5.25. The van der Waals surface area contributed by atoms with Crippen LogP contribution in [0.2, 0.25) is 0 Å². The van der Waals surface area contributed by atoms with Crippen molar-refractivity contribution in [3.05, 3.63) is 11.6 Å². The Labute approximate surface area is 185 Å². The van der Waals surface area contributed by atoms with Gasteiger partial charge in [0.2, 0.25) is 0 Å². The van der Waals surface area contributed by atoms with E-state index in [-0.39, 0.29) is 6.10 Å². The Hall–Kier alpha value is -0.340. The van der Waals surface area contributed by atoms with Crippen LogP contribution in [-0.4, -0.2) is 23.4 Å². The fourth-order valence-corrected chi connectivity index (χ4v) is 9.14. The number of aliphatic hydroxyl groups is 1. The van der Waals surface area contributed by atoms with E-state index in [0.717, 1.165) is 36.5 Å². The fourth-order valence-electron chi connectivity index (χ4n) is 9.14. The van der Waals surface area contributed by atoms with E-state index in [0.29, 0.717) is 40.8 Å². The number of hydrogen-bond donors (Lipinski definition) is 1. The molecule has 1 heterocycles. The van der Waals surface area contributed by atoms with Crippen LogP contribution in [0.25, 0.3) is 0 Å². The van der Waals surface area contributed by atoms with E-state index < -0.39 is 0 Å². The number of rotatable bonds is 4. The molecule has 2 unspecified atom stereocenters. The average Bonchev–Trinajstić information content (AvgIpc) is 3.42. The van der Waals surface area contributed by atoms with Crippen molar-refractivity contribution in [2.24, 2.45) is 52.3 Å². The third kappa shape index (κ3) is 3.10. The molecule has 0 bridgehead atoms. The fraction of sp³-hybridized carbons (Fsp3) is 0.929. The molecule has 2 heteroatoms. The number of fused-ring (bicyclic) bond motifs is 5. The van der Waals surface area contributed by atoms with Gasteiger partial charge in [-0.15, -0.1) is 0 Å². The van der Waals surface area contributed by atoms with Crippen LogP contribution in [0.1, 0.15) is 92.9 Å². The van der Waals surface area contributed by atoms with Crippen molar-refractivity contribution in [1.82, 2.24) is 0 Å². The molecule has 5 rings (SSSR count). The normalized spacial score (nSPS) is 52.1. The van der Waals surface area contributed by atoms with Crippen molar-refractivity contribution in [3.8, 4) is 0 Å². The van der Waals surface area contributed by atoms with Gasteiger partial charge in [-0.1, -0.05) is 53.2 Å². The molecule has 1 N–H and O–H groups in total. The molecule has 0 amide bonds. The molecular formula is C28H46O2. The molecule has 30 heavy (non-hydrogen) atoms. The van der Waals surface area contributed by atoms with Gasteiger partial charge in [-0.25, -0.2) is 0 Å². The Morgan fingerprint density at radius 3 is 2.47 bits per heavy atom. The molecular weight excluding hydrogens is 368 g/mol. The third-order valence-electron chi connectivity index (χ3n) is 11.4. The van der Waals surface area contributed by atoms with Crippen LogP contribution in [0.15, 0.2) is 11.6 Å². The molecule has 0 spiro atoms. The van der Waals surface area contributed by atoms with E-state index in [2.05, 4.69) is 47.6 Å². The molecule has 0 aromatic carbocycles. The number of aliphatic hydroxyl groups excluding tert-OH is 1. The smallest absolute Gasteiger partial charge is 0.0873 e. The van der Waals surface area contributed by atoms with Gasteiger partial charge in [-0.3, -0.25) is 0 Å². The zero-order chi connectivity index (χ0) is 21.4. The average molecular weight is 415 g/mol. The SMILES string of the molecule is CC(C)[C@H](C)C1OC1[C@@H](C)[C@H]1CC[C@H]2[C@@H]3CC=C4C[C@@H](O)CC[C@]4(C)[C@H]3CC[C@]12C. The van der Waals surface area contributed by atoms with Gasteiger partial charge in [-0.05, 0) is 104 Å². The molecule has 5 aliphatic rings. The summed E-state index contributed by atoms with van der Waals surface area (Å²) >= 11 is 0. The summed E-state index contributed by atoms with van der Waals surface area (Å²) in [5, 5.41) is 10.2. The van der Waals surface area contributed by atoms with E-state index in [1.54, 1.807) is 5.57 Å². The molecule has 11 atom stereocenters. The largest absolute Gasteiger partial charge is 0.393 e. The van der Waals surface area contributed by atoms with Gasteiger partial charge in [0.25, 0.3) is 0 Å². The van der Waals surface area contributed by atoms with E-state index in [4.69, 9.17) is 4.74 Å². The maximum Gasteiger partial charge on any atom is 0.0873 e. The molecule has 2 nitrogen and oxygen atoms in total. The summed E-state index contributed by atoms with van der Waals surface area (Å²) in [5.74, 6) is 5.56. The second-order valence-corrected chi connectivity index (χ2v) is 12.9. The van der Waals surface area contributed by atoms with Crippen LogP contribution in [0.3, 0.4) is 0 Å². The molecule has 0 radical (unpaired) electrons. The summed E-state index contributed by atoms with van der Waals surface area (Å²) in [5.41, 5.74) is 2.48. The van der Waals surface area contributed by atoms with Crippen molar-refractivity contribution < 1.29 is 9.84 Å². The Bertz CT molecular complexity index is 697. The molecule has 1 saturated heterocycles. The van der Waals surface area contributed by atoms with E-state index in [1.165, 1.54) is 38.5 Å². The minimum atomic E-state index is -0.0915. The number of ether oxygens (including phenoxy) is 1. The molecule has 170 valence electrons. The van der Waals surface area contributed by atoms with E-state index in [1.807, 2.05) is 0 Å². The second kappa shape index (κ2) is 7.34. The first-order chi connectivity index (χ1) is 14.2. The molecule has 1 aliphatic heterocycles. The van der Waals surface area contributed by atoms with Crippen molar-refractivity contribution in [2.75, 3.05) is 0 Å². The summed E-state index contributed by atoms with van der Waals surface area (Å²) in [4.78, 5) is 0. The molecule has 3 saturated carbocycles. The molecule has 4 aliphatic carbocycles. The maximum absolute atomic E-state index is 10.2. The van der Waals surface area contributed by atoms with Crippen molar-refractivity contribution in [3.63, 3.8) is 0 Å². The minimum Gasteiger partial charge on any atom is -0.393 e. The molecule has 0 aromatic heterocycles. The number of allylic oxidation sites excluding steroid dienone is 1. The molecule has 4 fully saturated rings. The van der Waals surface area contributed by atoms with E-state index >= 15 is 0 Å². The first kappa shape index (κ1) is 21.5. The van der Waals surface area contributed by atoms with Gasteiger partial charge < -0.3 is 9.84 Å². The highest BCUT2D eigenvalue weighted by atomic mass is 16.6. The van der Waals surface area contributed by atoms with Gasteiger partial charge >= 0.3 is 0 Å². The summed E-state index contributed by atoms with van der Waals surface area (Å²) in [7, 11) is 0. The standard InChI is InChI=1S/C28H46O2/c1-16(2)17(3)25-26(30-25)18(4)22-9-10-23-21-8-7-19-15-20(29)11-13-27(19,5)24(21)12-14-28(22,23)6/h7,16-18,20-26,29H,8-15H2,1-6H3/t17-,18-,20-,21-,22+,23-,24-,25?,26?,27-,28+/m0/s1. The van der Waals surface area contributed by atoms with Crippen LogP contribution in [-0.2, 0) is 4.74 Å². The summed E-state index contributed by atoms with van der Waals surface area (Å²) in [6.07, 6.45) is 13.6. The Morgan fingerprint density at radius 2 is 1.73 bits per heavy atom. The van der Waals surface area contributed by atoms with Crippen LogP contribution < -0.4 is 0 Å². The predicted molar refractivity (Wildman–Crippen MR) is 123 cm³/mol. The highest BCUT2D eigenvalue weighted by Crippen LogP contribution is 2.67. The lowest BCUT2D eigenvalue weighted by molar-refractivity contribution is -0.0582. The quantitative estimate of drug-likeness (QED) is 0.414. The molecule has 0 aromatic rings. The van der Waals surface area contributed by atoms with Gasteiger partial charge in [0.1, 0.15) is 0 Å². The summed E-state index contributed by atoms with van der Waals surface area (Å²) in [6.45, 7) is 14.8. The Morgan fingerprint density at radius 1 is 0.967 bits per heavy atom. The minimum absolute atomic E-state index is 0.0915. The van der Waals surface area contributed by atoms with Crippen LogP contribution in [0.5, 0.6) is 0 Å². The third-order valence-corrected chi connectivity index (χ3v) is 11.4. The van der Waals surface area contributed by atoms with Gasteiger partial charge in [0.15, 0.2) is 0 Å². The van der Waals surface area contributed by atoms with Crippen LogP contribution in [0, 0.1) is 52.3 Å². The monoisotopic (exact) mass is 414 g/mol. The Balaban J connectivity index is 1.34. The topological polar surface area (TPSA) is 32.8 Å².